The smallest absolute Gasteiger partial charge is 0.126 e. The second kappa shape index (κ2) is 7.00. The molecule has 0 bridgehead atoms. The van der Waals surface area contributed by atoms with Crippen LogP contribution in [-0.2, 0) is 4.74 Å². The van der Waals surface area contributed by atoms with Gasteiger partial charge in [-0.25, -0.2) is 9.37 Å². The minimum atomic E-state index is -0.483. The van der Waals surface area contributed by atoms with E-state index in [1.54, 1.807) is 6.07 Å². The van der Waals surface area contributed by atoms with E-state index in [1.807, 2.05) is 12.1 Å². The van der Waals surface area contributed by atoms with E-state index in [0.29, 0.717) is 24.4 Å². The van der Waals surface area contributed by atoms with Crippen LogP contribution in [0.4, 0.5) is 10.2 Å². The Morgan fingerprint density at radius 3 is 2.86 bits per heavy atom. The van der Waals surface area contributed by atoms with Crippen LogP contribution in [0.5, 0.6) is 0 Å². The predicted octanol–water partition coefficient (Wildman–Crippen LogP) is 1.48. The first-order valence-corrected chi connectivity index (χ1v) is 7.49. The van der Waals surface area contributed by atoms with Gasteiger partial charge in [0.1, 0.15) is 11.6 Å². The number of aliphatic hydroxyl groups is 1. The summed E-state index contributed by atoms with van der Waals surface area (Å²) < 4.78 is 18.5. The van der Waals surface area contributed by atoms with Crippen molar-refractivity contribution in [2.45, 2.75) is 6.10 Å². The second-order valence-electron chi connectivity index (χ2n) is 5.48. The molecule has 2 N–H and O–H groups in total. The third kappa shape index (κ3) is 3.91. The van der Waals surface area contributed by atoms with Gasteiger partial charge in [-0.15, -0.1) is 0 Å². The molecule has 1 aromatic carbocycles. The van der Waals surface area contributed by atoms with Crippen LogP contribution in [0.15, 0.2) is 30.3 Å². The van der Waals surface area contributed by atoms with Gasteiger partial charge in [-0.1, -0.05) is 0 Å². The number of nitrogens with one attached hydrogen (secondary N) is 1. The van der Waals surface area contributed by atoms with Crippen LogP contribution in [0, 0.1) is 5.82 Å². The number of anilines is 1. The zero-order chi connectivity index (χ0) is 15.4. The fraction of sp³-hybridized carbons (Fsp3) is 0.438. The van der Waals surface area contributed by atoms with E-state index in [-0.39, 0.29) is 5.82 Å². The monoisotopic (exact) mass is 305 g/mol. The molecule has 0 amide bonds. The predicted molar refractivity (Wildman–Crippen MR) is 83.5 cm³/mol. The molecule has 6 heteroatoms. The molecule has 5 nitrogen and oxygen atoms in total. The minimum absolute atomic E-state index is 0.301. The number of ether oxygens (including phenoxy) is 1. The first-order valence-electron chi connectivity index (χ1n) is 7.49. The number of fused-ring (bicyclic) bond motifs is 1. The van der Waals surface area contributed by atoms with Crippen LogP contribution < -0.4 is 5.32 Å². The summed E-state index contributed by atoms with van der Waals surface area (Å²) in [5.74, 6) is 0.337. The maximum Gasteiger partial charge on any atom is 0.126 e. The quantitative estimate of drug-likeness (QED) is 0.876. The fourth-order valence-electron chi connectivity index (χ4n) is 2.56. The van der Waals surface area contributed by atoms with Gasteiger partial charge in [0.2, 0.25) is 0 Å². The summed E-state index contributed by atoms with van der Waals surface area (Å²) in [7, 11) is 0. The summed E-state index contributed by atoms with van der Waals surface area (Å²) in [6.07, 6.45) is -0.483. The highest BCUT2D eigenvalue weighted by molar-refractivity contribution is 5.80. The Labute approximate surface area is 128 Å². The molecule has 2 heterocycles. The third-order valence-corrected chi connectivity index (χ3v) is 3.75. The number of hydrogen-bond acceptors (Lipinski definition) is 5. The normalized spacial score (nSPS) is 17.5. The van der Waals surface area contributed by atoms with E-state index in [0.717, 1.165) is 31.7 Å². The largest absolute Gasteiger partial charge is 0.390 e. The molecule has 1 fully saturated rings. The van der Waals surface area contributed by atoms with Crippen LogP contribution >= 0.6 is 0 Å². The van der Waals surface area contributed by atoms with Crippen LogP contribution in [0.1, 0.15) is 0 Å². The van der Waals surface area contributed by atoms with Gasteiger partial charge in [-0.05, 0) is 24.3 Å². The van der Waals surface area contributed by atoms with Gasteiger partial charge >= 0.3 is 0 Å². The average Bonchev–Trinajstić information content (AvgIpc) is 2.53. The summed E-state index contributed by atoms with van der Waals surface area (Å²) in [6, 6.07) is 8.25. The molecule has 0 aliphatic carbocycles. The molecular weight excluding hydrogens is 285 g/mol. The number of morpholine rings is 1. The Morgan fingerprint density at radius 2 is 2.05 bits per heavy atom. The lowest BCUT2D eigenvalue weighted by atomic mass is 10.2. The zero-order valence-corrected chi connectivity index (χ0v) is 12.3. The van der Waals surface area contributed by atoms with Gasteiger partial charge in [-0.2, -0.15) is 0 Å². The first kappa shape index (κ1) is 15.1. The first-order chi connectivity index (χ1) is 10.7. The number of aromatic nitrogens is 1. The number of nitrogens with zero attached hydrogens (tertiary/aromatic N) is 2. The highest BCUT2D eigenvalue weighted by Crippen LogP contribution is 2.16. The van der Waals surface area contributed by atoms with Gasteiger partial charge in [-0.3, -0.25) is 4.90 Å². The highest BCUT2D eigenvalue weighted by atomic mass is 19.1. The molecule has 1 aliphatic heterocycles. The average molecular weight is 305 g/mol. The molecule has 1 atom stereocenters. The van der Waals surface area contributed by atoms with Gasteiger partial charge in [0.25, 0.3) is 0 Å². The third-order valence-electron chi connectivity index (χ3n) is 3.75. The van der Waals surface area contributed by atoms with Gasteiger partial charge in [0.05, 0.1) is 24.8 Å². The molecule has 118 valence electrons. The number of halogens is 1. The van der Waals surface area contributed by atoms with Crippen molar-refractivity contribution < 1.29 is 14.2 Å². The Bertz CT molecular complexity index is 632. The van der Waals surface area contributed by atoms with Crippen LogP contribution in [0.2, 0.25) is 0 Å². The summed E-state index contributed by atoms with van der Waals surface area (Å²) in [6.45, 7) is 4.16. The number of pyridine rings is 1. The molecule has 1 aromatic heterocycles. The topological polar surface area (TPSA) is 57.6 Å². The van der Waals surface area contributed by atoms with E-state index in [1.165, 1.54) is 12.1 Å². The lowest BCUT2D eigenvalue weighted by Gasteiger charge is -2.28. The van der Waals surface area contributed by atoms with Crippen LogP contribution in [0.3, 0.4) is 0 Å². The molecule has 0 saturated carbocycles. The maximum absolute atomic E-state index is 13.2. The minimum Gasteiger partial charge on any atom is -0.390 e. The van der Waals surface area contributed by atoms with Crippen molar-refractivity contribution in [1.29, 1.82) is 0 Å². The summed E-state index contributed by atoms with van der Waals surface area (Å²) in [5.41, 5.74) is 0.604. The van der Waals surface area contributed by atoms with Gasteiger partial charge in [0.15, 0.2) is 0 Å². The molecule has 0 radical (unpaired) electrons. The Kier molecular flexibility index (Phi) is 4.82. The van der Waals surface area contributed by atoms with E-state index in [9.17, 15) is 9.50 Å². The molecule has 1 saturated heterocycles. The van der Waals surface area contributed by atoms with E-state index < -0.39 is 6.10 Å². The van der Waals surface area contributed by atoms with Crippen molar-refractivity contribution in [3.8, 4) is 0 Å². The van der Waals surface area contributed by atoms with E-state index in [2.05, 4.69) is 15.2 Å². The number of rotatable bonds is 5. The zero-order valence-electron chi connectivity index (χ0n) is 12.3. The van der Waals surface area contributed by atoms with Crippen LogP contribution in [-0.4, -0.2) is 60.5 Å². The molecule has 3 rings (SSSR count). The fourth-order valence-corrected chi connectivity index (χ4v) is 2.56. The lowest BCUT2D eigenvalue weighted by Crippen LogP contribution is -2.42. The van der Waals surface area contributed by atoms with E-state index >= 15 is 0 Å². The summed E-state index contributed by atoms with van der Waals surface area (Å²) in [5, 5.41) is 14.1. The Morgan fingerprint density at radius 1 is 1.27 bits per heavy atom. The lowest BCUT2D eigenvalue weighted by molar-refractivity contribution is 0.0171. The number of aliphatic hydroxyl groups excluding tert-OH is 1. The summed E-state index contributed by atoms with van der Waals surface area (Å²) >= 11 is 0. The van der Waals surface area contributed by atoms with Crippen molar-refractivity contribution in [2.75, 3.05) is 44.7 Å². The van der Waals surface area contributed by atoms with Crippen molar-refractivity contribution >= 4 is 16.7 Å². The molecule has 0 unspecified atom stereocenters. The maximum atomic E-state index is 13.2. The van der Waals surface area contributed by atoms with Crippen LogP contribution in [0.25, 0.3) is 10.9 Å². The SMILES string of the molecule is O[C@@H](CNc1ccc2ccc(F)cc2n1)CN1CCOCC1. The number of benzene rings is 1. The van der Waals surface area contributed by atoms with E-state index in [4.69, 9.17) is 4.74 Å². The van der Waals surface area contributed by atoms with Crippen molar-refractivity contribution in [2.24, 2.45) is 0 Å². The van der Waals surface area contributed by atoms with Gasteiger partial charge in [0, 0.05) is 37.6 Å². The highest BCUT2D eigenvalue weighted by Gasteiger charge is 2.14. The number of hydrogen-bond donors (Lipinski definition) is 2. The molecule has 22 heavy (non-hydrogen) atoms. The summed E-state index contributed by atoms with van der Waals surface area (Å²) in [4.78, 5) is 6.54. The van der Waals surface area contributed by atoms with Crippen molar-refractivity contribution in [3.63, 3.8) is 0 Å². The standard InChI is InChI=1S/C16H20FN3O2/c17-13-3-1-12-2-4-16(19-15(12)9-13)18-10-14(21)11-20-5-7-22-8-6-20/h1-4,9,14,21H,5-8,10-11H2,(H,18,19)/t14-/m0/s1. The second-order valence-corrected chi connectivity index (χ2v) is 5.48. The molecule has 2 aromatic rings. The number of β-amino-alcohol motifs (C(OH)–C–C–N with tert-alkyl or cyclic N) is 1. The molecule has 0 spiro atoms. The Hall–Kier alpha value is -1.76. The van der Waals surface area contributed by atoms with Crippen molar-refractivity contribution in [1.82, 2.24) is 9.88 Å². The van der Waals surface area contributed by atoms with Gasteiger partial charge < -0.3 is 15.2 Å². The molecule has 1 aliphatic rings. The Balaban J connectivity index is 1.56. The molecular formula is C16H20FN3O2. The van der Waals surface area contributed by atoms with Crippen molar-refractivity contribution in [3.05, 3.63) is 36.1 Å².